The van der Waals surface area contributed by atoms with Crippen LogP contribution in [0, 0.1) is 6.92 Å². The lowest BCUT2D eigenvalue weighted by Gasteiger charge is -2.05. The van der Waals surface area contributed by atoms with Gasteiger partial charge >= 0.3 is 5.69 Å². The van der Waals surface area contributed by atoms with E-state index in [1.165, 1.54) is 17.5 Å². The number of hydrogen-bond donors (Lipinski definition) is 1. The van der Waals surface area contributed by atoms with E-state index in [0.717, 1.165) is 17.7 Å². The summed E-state index contributed by atoms with van der Waals surface area (Å²) < 4.78 is 3.52. The summed E-state index contributed by atoms with van der Waals surface area (Å²) >= 11 is 0. The first-order valence-electron chi connectivity index (χ1n) is 10.5. The van der Waals surface area contributed by atoms with E-state index in [0.29, 0.717) is 35.8 Å². The number of imidazole rings is 2. The van der Waals surface area contributed by atoms with Crippen LogP contribution >= 0.6 is 0 Å². The molecule has 0 radical (unpaired) electrons. The Bertz CT molecular complexity index is 1400. The van der Waals surface area contributed by atoms with Gasteiger partial charge in [0.25, 0.3) is 0 Å². The quantitative estimate of drug-likeness (QED) is 0.450. The molecule has 0 aliphatic carbocycles. The molecule has 0 saturated heterocycles. The van der Waals surface area contributed by atoms with Gasteiger partial charge in [0, 0.05) is 6.54 Å². The van der Waals surface area contributed by atoms with Gasteiger partial charge in [-0.05, 0) is 30.7 Å². The Kier molecular flexibility index (Phi) is 5.20. The summed E-state index contributed by atoms with van der Waals surface area (Å²) in [6, 6.07) is 16.5. The molecule has 8 nitrogen and oxygen atoms in total. The topological polar surface area (TPSA) is 90.5 Å². The van der Waals surface area contributed by atoms with Gasteiger partial charge in [0.05, 0.1) is 19.4 Å². The van der Waals surface area contributed by atoms with Crippen LogP contribution in [0.2, 0.25) is 0 Å². The molecular weight excluding hydrogens is 402 g/mol. The van der Waals surface area contributed by atoms with Gasteiger partial charge in [0.2, 0.25) is 0 Å². The highest BCUT2D eigenvalue weighted by Gasteiger charge is 2.21. The van der Waals surface area contributed by atoms with Crippen LogP contribution in [-0.2, 0) is 19.6 Å². The van der Waals surface area contributed by atoms with Gasteiger partial charge in [-0.25, -0.2) is 19.7 Å². The minimum Gasteiger partial charge on any atom is -0.316 e. The zero-order valence-corrected chi connectivity index (χ0v) is 18.0. The molecule has 1 aromatic heterocycles. The molecule has 0 spiro atoms. The molecule has 3 heterocycles. The van der Waals surface area contributed by atoms with Crippen molar-refractivity contribution >= 4 is 11.2 Å². The van der Waals surface area contributed by atoms with Gasteiger partial charge in [-0.15, -0.1) is 0 Å². The Morgan fingerprint density at radius 3 is 2.31 bits per heavy atom. The van der Waals surface area contributed by atoms with E-state index in [9.17, 15) is 4.79 Å². The lowest BCUT2D eigenvalue weighted by molar-refractivity contribution is 0.758. The third-order valence-corrected chi connectivity index (χ3v) is 5.52. The van der Waals surface area contributed by atoms with E-state index >= 15 is 0 Å². The largest absolute Gasteiger partial charge is 0.350 e. The van der Waals surface area contributed by atoms with Crippen LogP contribution in [0.5, 0.6) is 0 Å². The van der Waals surface area contributed by atoms with Gasteiger partial charge in [0.1, 0.15) is 17.5 Å². The number of fused-ring (bicyclic) bond motifs is 3. The van der Waals surface area contributed by atoms with Crippen molar-refractivity contribution in [2.45, 2.75) is 26.6 Å². The summed E-state index contributed by atoms with van der Waals surface area (Å²) in [4.78, 5) is 30.4. The lowest BCUT2D eigenvalue weighted by atomic mass is 10.1. The number of aromatic nitrogens is 6. The number of nitrogens with zero attached hydrogens (tertiary/aromatic N) is 6. The Balaban J connectivity index is 1.50. The normalized spacial score (nSPS) is 11.4. The Morgan fingerprint density at radius 2 is 1.56 bits per heavy atom. The summed E-state index contributed by atoms with van der Waals surface area (Å²) in [5.74, 6) is 0.486. The van der Waals surface area contributed by atoms with Crippen LogP contribution in [-0.4, -0.2) is 36.1 Å². The molecule has 32 heavy (non-hydrogen) atoms. The zero-order chi connectivity index (χ0) is 22.1. The van der Waals surface area contributed by atoms with E-state index in [-0.39, 0.29) is 5.69 Å². The van der Waals surface area contributed by atoms with Crippen molar-refractivity contribution < 1.29 is 0 Å². The summed E-state index contributed by atoms with van der Waals surface area (Å²) in [5.41, 5.74) is 5.89. The second-order valence-corrected chi connectivity index (χ2v) is 7.90. The zero-order valence-electron chi connectivity index (χ0n) is 18.0. The first kappa shape index (κ1) is 20.0. The molecule has 2 aliphatic heterocycles. The molecule has 0 fully saturated rings. The van der Waals surface area contributed by atoms with E-state index in [4.69, 9.17) is 0 Å². The molecule has 160 valence electrons. The second kappa shape index (κ2) is 8.32. The van der Waals surface area contributed by atoms with Crippen molar-refractivity contribution in [3.63, 3.8) is 0 Å². The van der Waals surface area contributed by atoms with Crippen LogP contribution in [0.15, 0.2) is 66.0 Å². The predicted octanol–water partition coefficient (Wildman–Crippen LogP) is 2.61. The standard InChI is InChI=1S/C24H23N7O/c1-16-3-5-19(6-4-16)13-31-23-21(29-24(31)32)20-22(26-14-27-23)30(15-28-20)12-18-9-7-17(8-10-18)11-25-2/h3-10,14-15,25H,11-13H2,1-2H3. The van der Waals surface area contributed by atoms with Crippen molar-refractivity contribution in [1.29, 1.82) is 0 Å². The average molecular weight is 425 g/mol. The van der Waals surface area contributed by atoms with E-state index in [1.54, 1.807) is 10.9 Å². The average Bonchev–Trinajstić information content (AvgIpc) is 3.26. The maximum Gasteiger partial charge on any atom is 0.350 e. The molecule has 5 rings (SSSR count). The number of aryl methyl sites for hydroxylation is 1. The van der Waals surface area contributed by atoms with Gasteiger partial charge in [-0.1, -0.05) is 54.1 Å². The smallest absolute Gasteiger partial charge is 0.316 e. The number of benzene rings is 2. The molecule has 0 unspecified atom stereocenters. The molecule has 8 heteroatoms. The Hall–Kier alpha value is -3.91. The highest BCUT2D eigenvalue weighted by atomic mass is 16.1. The Labute approximate surface area is 185 Å². The minimum absolute atomic E-state index is 0.338. The molecule has 0 atom stereocenters. The van der Waals surface area contributed by atoms with Crippen molar-refractivity contribution in [2.75, 3.05) is 7.05 Å². The maximum atomic E-state index is 12.7. The van der Waals surface area contributed by atoms with Crippen molar-refractivity contribution in [3.8, 4) is 11.5 Å². The van der Waals surface area contributed by atoms with Gasteiger partial charge in [-0.3, -0.25) is 4.57 Å². The Morgan fingerprint density at radius 1 is 0.875 bits per heavy atom. The van der Waals surface area contributed by atoms with Crippen molar-refractivity contribution in [1.82, 2.24) is 34.4 Å². The summed E-state index contributed by atoms with van der Waals surface area (Å²) in [6.07, 6.45) is 3.22. The van der Waals surface area contributed by atoms with Crippen LogP contribution in [0.3, 0.4) is 0 Å². The second-order valence-electron chi connectivity index (χ2n) is 7.90. The summed E-state index contributed by atoms with van der Waals surface area (Å²) in [6.45, 7) is 3.88. The molecule has 0 saturated carbocycles. The highest BCUT2D eigenvalue weighted by molar-refractivity contribution is 5.85. The minimum atomic E-state index is -0.338. The molecule has 2 aliphatic rings. The third kappa shape index (κ3) is 3.76. The number of rotatable bonds is 6. The molecule has 0 bridgehead atoms. The third-order valence-electron chi connectivity index (χ3n) is 5.52. The molecule has 3 aromatic rings. The van der Waals surface area contributed by atoms with Crippen LogP contribution in [0.25, 0.3) is 22.7 Å². The van der Waals surface area contributed by atoms with Crippen molar-refractivity contribution in [2.24, 2.45) is 0 Å². The first-order chi connectivity index (χ1) is 15.6. The van der Waals surface area contributed by atoms with E-state index in [1.807, 2.05) is 42.8 Å². The lowest BCUT2D eigenvalue weighted by Crippen LogP contribution is -2.17. The van der Waals surface area contributed by atoms with E-state index in [2.05, 4.69) is 49.5 Å². The first-order valence-corrected chi connectivity index (χ1v) is 10.5. The number of nitrogens with one attached hydrogen (secondary N) is 1. The van der Waals surface area contributed by atoms with Gasteiger partial charge < -0.3 is 9.88 Å². The molecular formula is C24H23N7O. The van der Waals surface area contributed by atoms with Crippen LogP contribution in [0.1, 0.15) is 22.3 Å². The SMILES string of the molecule is CNCc1ccc(Cn2cnc3c4nc(=O)n(Cc5ccc(C)cc5)c-4ncnc32)cc1. The summed E-state index contributed by atoms with van der Waals surface area (Å²) in [7, 11) is 1.93. The van der Waals surface area contributed by atoms with Crippen LogP contribution < -0.4 is 11.0 Å². The highest BCUT2D eigenvalue weighted by Crippen LogP contribution is 2.23. The van der Waals surface area contributed by atoms with Gasteiger partial charge in [0.15, 0.2) is 11.5 Å². The fourth-order valence-electron chi connectivity index (χ4n) is 3.83. The maximum absolute atomic E-state index is 12.7. The van der Waals surface area contributed by atoms with E-state index < -0.39 is 0 Å². The molecule has 2 aromatic carbocycles. The molecule has 0 amide bonds. The summed E-state index contributed by atoms with van der Waals surface area (Å²) in [5, 5.41) is 3.15. The number of hydrogen-bond acceptors (Lipinski definition) is 6. The predicted molar refractivity (Wildman–Crippen MR) is 123 cm³/mol. The molecule has 1 N–H and O–H groups in total. The van der Waals surface area contributed by atoms with Crippen molar-refractivity contribution in [3.05, 3.63) is 93.9 Å². The van der Waals surface area contributed by atoms with Crippen LogP contribution in [0.4, 0.5) is 0 Å². The van der Waals surface area contributed by atoms with Gasteiger partial charge in [-0.2, -0.15) is 4.98 Å². The monoisotopic (exact) mass is 425 g/mol. The fraction of sp³-hybridized carbons (Fsp3) is 0.208. The fourth-order valence-corrected chi connectivity index (χ4v) is 3.83.